The third-order valence-corrected chi connectivity index (χ3v) is 3.14. The molecule has 0 aliphatic rings. The number of hydrogen-bond donors (Lipinski definition) is 1. The summed E-state index contributed by atoms with van der Waals surface area (Å²) in [6.45, 7) is 8.36. The van der Waals surface area contributed by atoms with Crippen LogP contribution in [-0.4, -0.2) is 9.55 Å². The van der Waals surface area contributed by atoms with Crippen molar-refractivity contribution in [2.45, 2.75) is 39.2 Å². The molecule has 0 fully saturated rings. The van der Waals surface area contributed by atoms with Gasteiger partial charge in [-0.15, -0.1) is 0 Å². The maximum atomic E-state index is 6.16. The van der Waals surface area contributed by atoms with Gasteiger partial charge in [0, 0.05) is 7.05 Å². The first-order chi connectivity index (χ1) is 7.82. The van der Waals surface area contributed by atoms with E-state index in [9.17, 15) is 0 Å². The summed E-state index contributed by atoms with van der Waals surface area (Å²) < 4.78 is 2.10. The first-order valence-electron chi connectivity index (χ1n) is 6.07. The maximum absolute atomic E-state index is 6.16. The monoisotopic (exact) mass is 231 g/mol. The van der Waals surface area contributed by atoms with Crippen LogP contribution in [0, 0.1) is 0 Å². The average molecular weight is 231 g/mol. The quantitative estimate of drug-likeness (QED) is 0.863. The number of imidazole rings is 1. The number of hydrogen-bond acceptors (Lipinski definition) is 2. The van der Waals surface area contributed by atoms with Gasteiger partial charge >= 0.3 is 0 Å². The number of rotatable bonds is 2. The molecule has 0 unspecified atom stereocenters. The van der Waals surface area contributed by atoms with Gasteiger partial charge in [0.2, 0.25) is 0 Å². The number of para-hydroxylation sites is 1. The maximum Gasteiger partial charge on any atom is 0.129 e. The molecule has 0 atom stereocenters. The number of nitrogens with zero attached hydrogens (tertiary/aromatic N) is 2. The Bertz CT molecular complexity index is 544. The summed E-state index contributed by atoms with van der Waals surface area (Å²) in [5, 5.41) is 0. The molecule has 1 aromatic carbocycles. The zero-order chi connectivity index (χ0) is 12.8. The van der Waals surface area contributed by atoms with Gasteiger partial charge in [-0.3, -0.25) is 0 Å². The smallest absolute Gasteiger partial charge is 0.129 e. The highest BCUT2D eigenvalue weighted by atomic mass is 15.1. The second kappa shape index (κ2) is 3.84. The van der Waals surface area contributed by atoms with Crippen molar-refractivity contribution in [3.8, 4) is 0 Å². The van der Waals surface area contributed by atoms with Crippen LogP contribution in [0.3, 0.4) is 0 Å². The lowest BCUT2D eigenvalue weighted by atomic mass is 10.0. The zero-order valence-corrected chi connectivity index (χ0v) is 11.3. The topological polar surface area (TPSA) is 43.8 Å². The molecule has 2 N–H and O–H groups in total. The molecule has 0 radical (unpaired) electrons. The molecule has 1 aromatic heterocycles. The van der Waals surface area contributed by atoms with Crippen LogP contribution in [0.15, 0.2) is 18.2 Å². The van der Waals surface area contributed by atoms with E-state index in [1.54, 1.807) is 0 Å². The van der Waals surface area contributed by atoms with Crippen molar-refractivity contribution < 1.29 is 0 Å². The van der Waals surface area contributed by atoms with E-state index >= 15 is 0 Å². The van der Waals surface area contributed by atoms with Crippen molar-refractivity contribution >= 4 is 11.0 Å². The van der Waals surface area contributed by atoms with Crippen molar-refractivity contribution in [2.24, 2.45) is 12.8 Å². The second-order valence-corrected chi connectivity index (χ2v) is 5.59. The Morgan fingerprint density at radius 3 is 2.47 bits per heavy atom. The Morgan fingerprint density at radius 2 is 1.94 bits per heavy atom. The Kier molecular flexibility index (Phi) is 2.74. The van der Waals surface area contributed by atoms with Gasteiger partial charge in [-0.2, -0.15) is 0 Å². The normalized spacial score (nSPS) is 12.6. The van der Waals surface area contributed by atoms with Crippen molar-refractivity contribution in [1.82, 2.24) is 9.55 Å². The van der Waals surface area contributed by atoms with E-state index in [0.29, 0.717) is 5.92 Å². The molecular formula is C14H21N3. The summed E-state index contributed by atoms with van der Waals surface area (Å²) in [6, 6.07) is 6.34. The largest absolute Gasteiger partial charge is 0.330 e. The molecule has 0 bridgehead atoms. The van der Waals surface area contributed by atoms with Crippen molar-refractivity contribution in [1.29, 1.82) is 0 Å². The molecule has 17 heavy (non-hydrogen) atoms. The molecule has 0 spiro atoms. The molecule has 2 aromatic rings. The number of nitrogens with two attached hydrogens (primary N) is 1. The van der Waals surface area contributed by atoms with Crippen molar-refractivity contribution in [3.05, 3.63) is 29.6 Å². The minimum absolute atomic E-state index is 0.415. The van der Waals surface area contributed by atoms with Gasteiger partial charge in [0.25, 0.3) is 0 Å². The third kappa shape index (κ3) is 1.95. The Labute approximate surface area is 103 Å². The van der Waals surface area contributed by atoms with Crippen LogP contribution in [0.5, 0.6) is 0 Å². The minimum Gasteiger partial charge on any atom is -0.330 e. The van der Waals surface area contributed by atoms with Gasteiger partial charge in [0.15, 0.2) is 0 Å². The molecule has 0 aliphatic carbocycles. The van der Waals surface area contributed by atoms with Gasteiger partial charge in [0.05, 0.1) is 16.6 Å². The molecule has 0 saturated heterocycles. The van der Waals surface area contributed by atoms with Crippen LogP contribution in [0.4, 0.5) is 0 Å². The molecule has 0 amide bonds. The highest BCUT2D eigenvalue weighted by Crippen LogP contribution is 2.27. The molecular weight excluding hydrogens is 210 g/mol. The Balaban J connectivity index is 2.78. The van der Waals surface area contributed by atoms with Crippen LogP contribution < -0.4 is 5.73 Å². The fourth-order valence-corrected chi connectivity index (χ4v) is 2.28. The second-order valence-electron chi connectivity index (χ2n) is 5.59. The lowest BCUT2D eigenvalue weighted by Crippen LogP contribution is -2.32. The summed E-state index contributed by atoms with van der Waals surface area (Å²) in [7, 11) is 2.03. The van der Waals surface area contributed by atoms with Crippen molar-refractivity contribution in [3.63, 3.8) is 0 Å². The van der Waals surface area contributed by atoms with Crippen LogP contribution in [-0.2, 0) is 12.6 Å². The van der Waals surface area contributed by atoms with Gasteiger partial charge < -0.3 is 10.3 Å². The predicted octanol–water partition coefficient (Wildman–Crippen LogP) is 2.89. The van der Waals surface area contributed by atoms with Crippen LogP contribution >= 0.6 is 0 Å². The van der Waals surface area contributed by atoms with E-state index in [4.69, 9.17) is 10.7 Å². The molecule has 3 nitrogen and oxygen atoms in total. The number of benzene rings is 1. The zero-order valence-electron chi connectivity index (χ0n) is 11.3. The van der Waals surface area contributed by atoms with Crippen LogP contribution in [0.25, 0.3) is 11.0 Å². The molecule has 3 heteroatoms. The molecule has 1 heterocycles. The summed E-state index contributed by atoms with van der Waals surface area (Å²) in [4.78, 5) is 4.74. The fourth-order valence-electron chi connectivity index (χ4n) is 2.28. The van der Waals surface area contributed by atoms with Crippen LogP contribution in [0.2, 0.25) is 0 Å². The fraction of sp³-hybridized carbons (Fsp3) is 0.500. The molecule has 0 saturated carbocycles. The van der Waals surface area contributed by atoms with Gasteiger partial charge in [0.1, 0.15) is 5.82 Å². The van der Waals surface area contributed by atoms with Gasteiger partial charge in [-0.1, -0.05) is 26.0 Å². The van der Waals surface area contributed by atoms with E-state index in [-0.39, 0.29) is 0 Å². The van der Waals surface area contributed by atoms with E-state index in [0.717, 1.165) is 16.9 Å². The number of fused-ring (bicyclic) bond motifs is 1. The Morgan fingerprint density at radius 1 is 1.29 bits per heavy atom. The lowest BCUT2D eigenvalue weighted by molar-refractivity contribution is 0.498. The lowest BCUT2D eigenvalue weighted by Gasteiger charge is -2.17. The average Bonchev–Trinajstić information content (AvgIpc) is 2.55. The summed E-state index contributed by atoms with van der Waals surface area (Å²) in [6.07, 6.45) is 0. The highest BCUT2D eigenvalue weighted by molar-refractivity contribution is 5.80. The van der Waals surface area contributed by atoms with E-state index in [1.807, 2.05) is 20.9 Å². The third-order valence-electron chi connectivity index (χ3n) is 3.14. The molecule has 2 rings (SSSR count). The first-order valence-corrected chi connectivity index (χ1v) is 6.07. The minimum atomic E-state index is -0.415. The molecule has 0 aliphatic heterocycles. The summed E-state index contributed by atoms with van der Waals surface area (Å²) in [5.74, 6) is 1.41. The number of aromatic nitrogens is 2. The number of aryl methyl sites for hydroxylation is 1. The van der Waals surface area contributed by atoms with Gasteiger partial charge in [-0.25, -0.2) is 4.98 Å². The van der Waals surface area contributed by atoms with Crippen LogP contribution in [0.1, 0.15) is 45.0 Å². The van der Waals surface area contributed by atoms with E-state index < -0.39 is 5.54 Å². The Hall–Kier alpha value is -1.35. The predicted molar refractivity (Wildman–Crippen MR) is 72.0 cm³/mol. The van der Waals surface area contributed by atoms with Gasteiger partial charge in [-0.05, 0) is 31.4 Å². The van der Waals surface area contributed by atoms with E-state index in [2.05, 4.69) is 36.6 Å². The molecule has 92 valence electrons. The first kappa shape index (κ1) is 12.1. The summed E-state index contributed by atoms with van der Waals surface area (Å²) in [5.41, 5.74) is 9.27. The highest BCUT2D eigenvalue weighted by Gasteiger charge is 2.22. The van der Waals surface area contributed by atoms with E-state index in [1.165, 1.54) is 5.56 Å². The SMILES string of the molecule is CC(C)c1cccc2c1nc(C(C)(C)N)n2C. The summed E-state index contributed by atoms with van der Waals surface area (Å²) >= 11 is 0. The standard InChI is InChI=1S/C14H21N3/c1-9(2)10-7-6-8-11-12(10)16-13(17(11)5)14(3,4)15/h6-9H,15H2,1-5H3. The van der Waals surface area contributed by atoms with Crippen molar-refractivity contribution in [2.75, 3.05) is 0 Å².